The quantitative estimate of drug-likeness (QED) is 0.450. The average Bonchev–Trinajstić information content (AvgIpc) is 2.82. The van der Waals surface area contributed by atoms with Gasteiger partial charge in [0.25, 0.3) is 5.95 Å². The van der Waals surface area contributed by atoms with Gasteiger partial charge in [0.1, 0.15) is 5.82 Å². The number of nitrogens with one attached hydrogen (secondary N) is 1. The predicted molar refractivity (Wildman–Crippen MR) is 128 cm³/mol. The molecule has 0 aliphatic carbocycles. The molecular weight excluding hydrogens is 463 g/mol. The van der Waals surface area contributed by atoms with Crippen molar-refractivity contribution in [2.75, 3.05) is 43.4 Å². The van der Waals surface area contributed by atoms with Crippen molar-refractivity contribution in [3.63, 3.8) is 0 Å². The number of para-hydroxylation sites is 1. The average molecular weight is 492 g/mol. The number of guanidine groups is 1. The molecule has 1 amide bonds. The van der Waals surface area contributed by atoms with Gasteiger partial charge in [-0.2, -0.15) is 33.1 Å². The van der Waals surface area contributed by atoms with E-state index in [0.29, 0.717) is 23.9 Å². The number of aromatic nitrogens is 3. The van der Waals surface area contributed by atoms with E-state index in [1.54, 1.807) is 30.3 Å². The van der Waals surface area contributed by atoms with Crippen molar-refractivity contribution in [1.29, 1.82) is 0 Å². The van der Waals surface area contributed by atoms with Crippen molar-refractivity contribution in [3.8, 4) is 0 Å². The summed E-state index contributed by atoms with van der Waals surface area (Å²) in [6.45, 7) is 5.05. The molecule has 2 heterocycles. The highest BCUT2D eigenvalue weighted by molar-refractivity contribution is 6.04. The number of alkyl halides is 3. The highest BCUT2D eigenvalue weighted by Crippen LogP contribution is 2.25. The zero-order valence-corrected chi connectivity index (χ0v) is 19.5. The van der Waals surface area contributed by atoms with Crippen LogP contribution in [0, 0.1) is 5.92 Å². The van der Waals surface area contributed by atoms with Crippen LogP contribution in [0.4, 0.5) is 30.8 Å². The van der Waals surface area contributed by atoms with Crippen molar-refractivity contribution < 1.29 is 18.0 Å². The molecule has 35 heavy (non-hydrogen) atoms. The van der Waals surface area contributed by atoms with Crippen molar-refractivity contribution in [2.45, 2.75) is 25.9 Å². The molecule has 1 unspecified atom stereocenters. The second kappa shape index (κ2) is 11.7. The number of rotatable bonds is 7. The number of carbonyl (C=O) groups excluding carboxylic acids is 1. The smallest absolute Gasteiger partial charge is 0.368 e. The summed E-state index contributed by atoms with van der Waals surface area (Å²) >= 11 is 0. The van der Waals surface area contributed by atoms with Crippen LogP contribution in [-0.4, -0.2) is 77.3 Å². The van der Waals surface area contributed by atoms with Crippen LogP contribution in [0.15, 0.2) is 40.3 Å². The Hall–Kier alpha value is -3.61. The Morgan fingerprint density at radius 1 is 1.17 bits per heavy atom. The molecule has 188 valence electrons. The molecule has 13 heteroatoms. The van der Waals surface area contributed by atoms with E-state index in [4.69, 9.17) is 5.73 Å². The first-order valence-corrected chi connectivity index (χ1v) is 11.1. The lowest BCUT2D eigenvalue weighted by atomic mass is 10.1. The lowest BCUT2D eigenvalue weighted by Crippen LogP contribution is -2.45. The van der Waals surface area contributed by atoms with E-state index in [2.05, 4.69) is 35.2 Å². The number of hydrogen-bond acceptors (Lipinski definition) is 7. The van der Waals surface area contributed by atoms with Gasteiger partial charge in [-0.25, -0.2) is 4.99 Å². The summed E-state index contributed by atoms with van der Waals surface area (Å²) in [6, 6.07) is 8.17. The van der Waals surface area contributed by atoms with Crippen LogP contribution in [0.5, 0.6) is 0 Å². The Morgan fingerprint density at radius 3 is 2.49 bits per heavy atom. The number of halogens is 3. The lowest BCUT2D eigenvalue weighted by molar-refractivity contribution is -0.146. The van der Waals surface area contributed by atoms with Crippen LogP contribution in [0.25, 0.3) is 0 Å². The number of nitrogens with zero attached hydrogens (tertiary/aromatic N) is 7. The van der Waals surface area contributed by atoms with Gasteiger partial charge in [0.2, 0.25) is 17.8 Å². The lowest BCUT2D eigenvalue weighted by Gasteiger charge is -2.32. The minimum absolute atomic E-state index is 0.00142. The molecule has 0 bridgehead atoms. The maximum atomic E-state index is 13.1. The SMILES string of the molecule is CCc1nc(N=C(N)N=CC(CC(F)(F)F)C(=O)Nc2ccccc2)nc(N2CCN(C)CC2)n1. The van der Waals surface area contributed by atoms with Crippen molar-refractivity contribution in [3.05, 3.63) is 36.2 Å². The Kier molecular flexibility index (Phi) is 8.68. The van der Waals surface area contributed by atoms with Crippen LogP contribution in [0.2, 0.25) is 0 Å². The van der Waals surface area contributed by atoms with Gasteiger partial charge in [-0.15, -0.1) is 0 Å². The van der Waals surface area contributed by atoms with E-state index in [1.165, 1.54) is 0 Å². The van der Waals surface area contributed by atoms with E-state index in [9.17, 15) is 18.0 Å². The Labute approximate surface area is 201 Å². The van der Waals surface area contributed by atoms with Gasteiger partial charge in [0.15, 0.2) is 0 Å². The van der Waals surface area contributed by atoms with Crippen LogP contribution < -0.4 is 16.0 Å². The van der Waals surface area contributed by atoms with Gasteiger partial charge < -0.3 is 20.9 Å². The Bertz CT molecular complexity index is 1050. The first-order chi connectivity index (χ1) is 16.6. The molecule has 3 rings (SSSR count). The number of aliphatic imine (C=N–C) groups is 2. The van der Waals surface area contributed by atoms with Crippen LogP contribution in [-0.2, 0) is 11.2 Å². The number of piperazine rings is 1. The molecule has 1 saturated heterocycles. The van der Waals surface area contributed by atoms with E-state index < -0.39 is 24.4 Å². The van der Waals surface area contributed by atoms with Crippen molar-refractivity contribution in [2.24, 2.45) is 21.6 Å². The monoisotopic (exact) mass is 491 g/mol. The van der Waals surface area contributed by atoms with E-state index in [1.807, 2.05) is 18.9 Å². The topological polar surface area (TPSA) is 125 Å². The fourth-order valence-electron chi connectivity index (χ4n) is 3.27. The number of aryl methyl sites for hydroxylation is 1. The molecule has 1 fully saturated rings. The zero-order valence-electron chi connectivity index (χ0n) is 19.5. The first kappa shape index (κ1) is 26.0. The third-order valence-corrected chi connectivity index (χ3v) is 5.19. The van der Waals surface area contributed by atoms with Gasteiger partial charge >= 0.3 is 6.18 Å². The molecule has 1 aliphatic heterocycles. The minimum atomic E-state index is -4.59. The fraction of sp³-hybridized carbons (Fsp3) is 0.455. The normalized spacial score (nSPS) is 16.5. The zero-order chi connectivity index (χ0) is 25.4. The number of anilines is 2. The van der Waals surface area contributed by atoms with Gasteiger partial charge in [-0.1, -0.05) is 25.1 Å². The molecule has 10 nitrogen and oxygen atoms in total. The number of likely N-dealkylation sites (N-methyl/N-ethyl adjacent to an activating group) is 1. The molecule has 3 N–H and O–H groups in total. The molecule has 0 saturated carbocycles. The third-order valence-electron chi connectivity index (χ3n) is 5.19. The van der Waals surface area contributed by atoms with E-state index >= 15 is 0 Å². The summed E-state index contributed by atoms with van der Waals surface area (Å²) < 4.78 is 39.2. The number of benzene rings is 1. The van der Waals surface area contributed by atoms with Gasteiger partial charge in [-0.05, 0) is 19.2 Å². The number of nitrogens with two attached hydrogens (primary N) is 1. The van der Waals surface area contributed by atoms with Gasteiger partial charge in [0, 0.05) is 44.5 Å². The number of amides is 1. The molecule has 0 spiro atoms. The molecule has 1 aliphatic rings. The number of carbonyl (C=O) groups is 1. The molecular formula is C22H28F3N9O. The second-order valence-electron chi connectivity index (χ2n) is 8.02. The van der Waals surface area contributed by atoms with Gasteiger partial charge in [-0.3, -0.25) is 4.79 Å². The summed E-state index contributed by atoms with van der Waals surface area (Å²) in [7, 11) is 2.03. The highest BCUT2D eigenvalue weighted by Gasteiger charge is 2.34. The van der Waals surface area contributed by atoms with E-state index in [0.717, 1.165) is 32.4 Å². The maximum absolute atomic E-state index is 13.1. The first-order valence-electron chi connectivity index (χ1n) is 11.1. The Balaban J connectivity index is 1.78. The van der Waals surface area contributed by atoms with Crippen molar-refractivity contribution in [1.82, 2.24) is 19.9 Å². The van der Waals surface area contributed by atoms with Crippen LogP contribution >= 0.6 is 0 Å². The standard InChI is InChI=1S/C22H28F3N9O/c1-3-17-29-20(32-21(30-17)34-11-9-33(2)10-12-34)31-19(26)27-14-15(13-22(23,24)25)18(35)28-16-7-5-4-6-8-16/h4-8,14-15H,3,9-13H2,1-2H3,(H,28,35)(H2,26,29,30,31,32). The molecule has 2 aromatic rings. The number of hydrogen-bond donors (Lipinski definition) is 2. The van der Waals surface area contributed by atoms with Gasteiger partial charge in [0.05, 0.1) is 12.3 Å². The highest BCUT2D eigenvalue weighted by atomic mass is 19.4. The molecule has 1 aromatic carbocycles. The maximum Gasteiger partial charge on any atom is 0.390 e. The third kappa shape index (κ3) is 8.28. The molecule has 1 atom stereocenters. The molecule has 1 aromatic heterocycles. The van der Waals surface area contributed by atoms with Crippen LogP contribution in [0.1, 0.15) is 19.2 Å². The minimum Gasteiger partial charge on any atom is -0.368 e. The summed E-state index contributed by atoms with van der Waals surface area (Å²) in [6.07, 6.45) is -4.61. The second-order valence-corrected chi connectivity index (χ2v) is 8.02. The summed E-state index contributed by atoms with van der Waals surface area (Å²) in [4.78, 5) is 37.5. The fourth-order valence-corrected chi connectivity index (χ4v) is 3.27. The molecule has 0 radical (unpaired) electrons. The summed E-state index contributed by atoms with van der Waals surface area (Å²) in [5, 5.41) is 2.45. The Morgan fingerprint density at radius 2 is 1.86 bits per heavy atom. The van der Waals surface area contributed by atoms with Crippen molar-refractivity contribution >= 4 is 35.7 Å². The van der Waals surface area contributed by atoms with Crippen LogP contribution in [0.3, 0.4) is 0 Å². The predicted octanol–water partition coefficient (Wildman–Crippen LogP) is 2.41. The summed E-state index contributed by atoms with van der Waals surface area (Å²) in [5.74, 6) is -1.88. The van der Waals surface area contributed by atoms with E-state index in [-0.39, 0.29) is 11.9 Å². The summed E-state index contributed by atoms with van der Waals surface area (Å²) in [5.41, 5.74) is 6.20. The largest absolute Gasteiger partial charge is 0.390 e.